The van der Waals surface area contributed by atoms with Crippen LogP contribution in [0.4, 0.5) is 18.9 Å². The molecule has 162 valence electrons. The Morgan fingerprint density at radius 1 is 0.967 bits per heavy atom. The second kappa shape index (κ2) is 8.75. The van der Waals surface area contributed by atoms with E-state index in [1.54, 1.807) is 36.1 Å². The number of anilines is 1. The number of carbonyl (C=O) groups is 1. The summed E-state index contributed by atoms with van der Waals surface area (Å²) in [6, 6.07) is 7.53. The number of carbonyl (C=O) groups excluding carboxylic acids is 1. The topological polar surface area (TPSA) is 69.7 Å². The van der Waals surface area contributed by atoms with Gasteiger partial charge in [0.2, 0.25) is 15.9 Å². The molecule has 0 radical (unpaired) electrons. The molecule has 3 rings (SSSR count). The number of aryl methyl sites for hydroxylation is 1. The van der Waals surface area contributed by atoms with E-state index < -0.39 is 45.1 Å². The number of hydrogen-bond donors (Lipinski definition) is 1. The lowest BCUT2D eigenvalue weighted by Gasteiger charge is -2.36. The summed E-state index contributed by atoms with van der Waals surface area (Å²) in [6.45, 7) is 4.41. The zero-order valence-corrected chi connectivity index (χ0v) is 17.3. The SMILES string of the molecule is Cc1ccc(S(=O)(=O)N2CCN([C@@H](C)C(=O)Nc3ccc(F)c(F)c3F)CC2)cc1. The van der Waals surface area contributed by atoms with Crippen molar-refractivity contribution in [1.29, 1.82) is 0 Å². The first-order valence-corrected chi connectivity index (χ1v) is 10.8. The van der Waals surface area contributed by atoms with E-state index in [0.717, 1.165) is 17.7 Å². The number of nitrogens with one attached hydrogen (secondary N) is 1. The van der Waals surface area contributed by atoms with E-state index in [2.05, 4.69) is 5.32 Å². The van der Waals surface area contributed by atoms with E-state index in [0.29, 0.717) is 13.1 Å². The molecule has 6 nitrogen and oxygen atoms in total. The zero-order valence-electron chi connectivity index (χ0n) is 16.5. The number of rotatable bonds is 5. The van der Waals surface area contributed by atoms with Gasteiger partial charge in [0.15, 0.2) is 17.5 Å². The molecule has 1 atom stereocenters. The van der Waals surface area contributed by atoms with Crippen LogP contribution in [0.1, 0.15) is 12.5 Å². The van der Waals surface area contributed by atoms with Crippen molar-refractivity contribution in [3.63, 3.8) is 0 Å². The first-order chi connectivity index (χ1) is 14.1. The Labute approximate surface area is 173 Å². The van der Waals surface area contributed by atoms with E-state index in [4.69, 9.17) is 0 Å². The largest absolute Gasteiger partial charge is 0.322 e. The fourth-order valence-corrected chi connectivity index (χ4v) is 4.64. The summed E-state index contributed by atoms with van der Waals surface area (Å²) < 4.78 is 67.0. The van der Waals surface area contributed by atoms with Crippen molar-refractivity contribution < 1.29 is 26.4 Å². The van der Waals surface area contributed by atoms with Crippen LogP contribution < -0.4 is 5.32 Å². The van der Waals surface area contributed by atoms with E-state index in [9.17, 15) is 26.4 Å². The van der Waals surface area contributed by atoms with Crippen molar-refractivity contribution in [2.24, 2.45) is 0 Å². The second-order valence-corrected chi connectivity index (χ2v) is 9.08. The molecule has 1 saturated heterocycles. The van der Waals surface area contributed by atoms with Gasteiger partial charge in [-0.25, -0.2) is 21.6 Å². The molecular weight excluding hydrogens is 419 g/mol. The molecule has 2 aromatic carbocycles. The molecule has 1 aliphatic rings. The van der Waals surface area contributed by atoms with Crippen molar-refractivity contribution >= 4 is 21.6 Å². The molecule has 1 aliphatic heterocycles. The maximum Gasteiger partial charge on any atom is 0.243 e. The molecule has 1 fully saturated rings. The van der Waals surface area contributed by atoms with Crippen LogP contribution in [-0.4, -0.2) is 55.8 Å². The Bertz CT molecular complexity index is 1040. The van der Waals surface area contributed by atoms with Crippen LogP contribution in [0.5, 0.6) is 0 Å². The second-order valence-electron chi connectivity index (χ2n) is 7.14. The summed E-state index contributed by atoms with van der Waals surface area (Å²) in [5.41, 5.74) is 0.502. The van der Waals surface area contributed by atoms with Crippen molar-refractivity contribution in [2.45, 2.75) is 24.8 Å². The molecule has 0 aliphatic carbocycles. The van der Waals surface area contributed by atoms with Crippen LogP contribution in [0.2, 0.25) is 0 Å². The lowest BCUT2D eigenvalue weighted by molar-refractivity contribution is -0.121. The highest BCUT2D eigenvalue weighted by Gasteiger charge is 2.32. The summed E-state index contributed by atoms with van der Waals surface area (Å²) >= 11 is 0. The molecule has 10 heteroatoms. The van der Waals surface area contributed by atoms with E-state index in [1.807, 2.05) is 6.92 Å². The number of amides is 1. The number of sulfonamides is 1. The van der Waals surface area contributed by atoms with Gasteiger partial charge in [0.05, 0.1) is 16.6 Å². The van der Waals surface area contributed by atoms with Crippen molar-refractivity contribution in [3.8, 4) is 0 Å². The van der Waals surface area contributed by atoms with Crippen molar-refractivity contribution in [2.75, 3.05) is 31.5 Å². The van der Waals surface area contributed by atoms with E-state index >= 15 is 0 Å². The van der Waals surface area contributed by atoms with Gasteiger partial charge in [-0.15, -0.1) is 0 Å². The molecule has 1 amide bonds. The van der Waals surface area contributed by atoms with Crippen LogP contribution in [0.3, 0.4) is 0 Å². The van der Waals surface area contributed by atoms with Gasteiger partial charge >= 0.3 is 0 Å². The molecule has 0 unspecified atom stereocenters. The van der Waals surface area contributed by atoms with Gasteiger partial charge in [0, 0.05) is 26.2 Å². The normalized spacial score (nSPS) is 17.0. The summed E-state index contributed by atoms with van der Waals surface area (Å²) in [5, 5.41) is 2.25. The van der Waals surface area contributed by atoms with Crippen molar-refractivity contribution in [3.05, 3.63) is 59.4 Å². The number of piperazine rings is 1. The minimum absolute atomic E-state index is 0.188. The maximum atomic E-state index is 13.8. The van der Waals surface area contributed by atoms with Crippen LogP contribution in [0, 0.1) is 24.4 Å². The Morgan fingerprint density at radius 3 is 2.17 bits per heavy atom. The van der Waals surface area contributed by atoms with Gasteiger partial charge in [0.25, 0.3) is 0 Å². The van der Waals surface area contributed by atoms with Gasteiger partial charge in [-0.1, -0.05) is 17.7 Å². The number of benzene rings is 2. The van der Waals surface area contributed by atoms with Crippen LogP contribution >= 0.6 is 0 Å². The minimum Gasteiger partial charge on any atom is -0.322 e. The molecule has 2 aromatic rings. The third kappa shape index (κ3) is 4.50. The Balaban J connectivity index is 1.62. The molecule has 30 heavy (non-hydrogen) atoms. The summed E-state index contributed by atoms with van der Waals surface area (Å²) in [6.07, 6.45) is 0. The zero-order chi connectivity index (χ0) is 22.1. The molecule has 0 spiro atoms. The van der Waals surface area contributed by atoms with Gasteiger partial charge in [-0.05, 0) is 38.1 Å². The lowest BCUT2D eigenvalue weighted by atomic mass is 10.2. The predicted octanol–water partition coefficient (Wildman–Crippen LogP) is 2.75. The predicted molar refractivity (Wildman–Crippen MR) is 106 cm³/mol. The Hall–Kier alpha value is -2.43. The van der Waals surface area contributed by atoms with Gasteiger partial charge in [-0.3, -0.25) is 9.69 Å². The molecular formula is C20H22F3N3O3S. The van der Waals surface area contributed by atoms with Crippen molar-refractivity contribution in [1.82, 2.24) is 9.21 Å². The maximum absolute atomic E-state index is 13.8. The third-order valence-corrected chi connectivity index (χ3v) is 7.07. The Kier molecular flexibility index (Phi) is 6.49. The quantitative estimate of drug-likeness (QED) is 0.725. The lowest BCUT2D eigenvalue weighted by Crippen LogP contribution is -2.53. The van der Waals surface area contributed by atoms with Crippen LogP contribution in [0.25, 0.3) is 0 Å². The summed E-state index contributed by atoms with van der Waals surface area (Å²) in [5.74, 6) is -5.07. The highest BCUT2D eigenvalue weighted by molar-refractivity contribution is 7.89. The van der Waals surface area contributed by atoms with Gasteiger partial charge in [0.1, 0.15) is 0 Å². The van der Waals surface area contributed by atoms with E-state index in [-0.39, 0.29) is 18.0 Å². The van der Waals surface area contributed by atoms with E-state index in [1.165, 1.54) is 4.31 Å². The Morgan fingerprint density at radius 2 is 1.57 bits per heavy atom. The van der Waals surface area contributed by atoms with Gasteiger partial charge < -0.3 is 5.32 Å². The number of halogens is 3. The fraction of sp³-hybridized carbons (Fsp3) is 0.350. The highest BCUT2D eigenvalue weighted by Crippen LogP contribution is 2.22. The number of hydrogen-bond acceptors (Lipinski definition) is 4. The summed E-state index contributed by atoms with van der Waals surface area (Å²) in [4.78, 5) is 14.4. The molecule has 0 aromatic heterocycles. The molecule has 0 bridgehead atoms. The molecule has 0 saturated carbocycles. The van der Waals surface area contributed by atoms with Gasteiger partial charge in [-0.2, -0.15) is 4.31 Å². The number of nitrogens with zero attached hydrogens (tertiary/aromatic N) is 2. The molecule has 1 heterocycles. The standard InChI is InChI=1S/C20H22F3N3O3S/c1-13-3-5-15(6-4-13)30(28,29)26-11-9-25(10-12-26)14(2)20(27)24-17-8-7-16(21)18(22)19(17)23/h3-8,14H,9-12H2,1-2H3,(H,24,27)/t14-/m0/s1. The highest BCUT2D eigenvalue weighted by atomic mass is 32.2. The van der Waals surface area contributed by atoms with Crippen LogP contribution in [-0.2, 0) is 14.8 Å². The summed E-state index contributed by atoms with van der Waals surface area (Å²) in [7, 11) is -3.63. The van der Waals surface area contributed by atoms with Crippen LogP contribution in [0.15, 0.2) is 41.3 Å². The molecule has 1 N–H and O–H groups in total. The smallest absolute Gasteiger partial charge is 0.243 e. The third-order valence-electron chi connectivity index (χ3n) is 5.15. The minimum atomic E-state index is -3.63. The average molecular weight is 441 g/mol. The first kappa shape index (κ1) is 22.3. The first-order valence-electron chi connectivity index (χ1n) is 9.36. The average Bonchev–Trinajstić information content (AvgIpc) is 2.74. The fourth-order valence-electron chi connectivity index (χ4n) is 3.22. The monoisotopic (exact) mass is 441 g/mol.